The summed E-state index contributed by atoms with van der Waals surface area (Å²) in [6, 6.07) is 0. The summed E-state index contributed by atoms with van der Waals surface area (Å²) in [5.41, 5.74) is 3.07. The van der Waals surface area contributed by atoms with Crippen molar-refractivity contribution in [2.45, 2.75) is 33.7 Å². The summed E-state index contributed by atoms with van der Waals surface area (Å²) in [6.07, 6.45) is 4.70. The Balaban J connectivity index is 2.54. The highest BCUT2D eigenvalue weighted by Gasteiger charge is 2.12. The Morgan fingerprint density at radius 3 is 2.61 bits per heavy atom. The first-order valence-corrected chi connectivity index (χ1v) is 6.27. The van der Waals surface area contributed by atoms with Crippen molar-refractivity contribution in [2.75, 3.05) is 12.4 Å². The van der Waals surface area contributed by atoms with Crippen molar-refractivity contribution in [3.63, 3.8) is 0 Å². The van der Waals surface area contributed by atoms with Gasteiger partial charge in [0.25, 0.3) is 0 Å². The van der Waals surface area contributed by atoms with E-state index in [0.717, 1.165) is 41.4 Å². The van der Waals surface area contributed by atoms with E-state index in [-0.39, 0.29) is 0 Å². The van der Waals surface area contributed by atoms with Crippen LogP contribution in [0, 0.1) is 6.92 Å². The molecule has 0 aliphatic rings. The first-order valence-electron chi connectivity index (χ1n) is 6.27. The molecule has 1 N–H and O–H groups in total. The number of rotatable bonds is 4. The van der Waals surface area contributed by atoms with E-state index < -0.39 is 0 Å². The Hall–Kier alpha value is -1.91. The van der Waals surface area contributed by atoms with Gasteiger partial charge in [-0.2, -0.15) is 5.10 Å². The van der Waals surface area contributed by atoms with Crippen LogP contribution in [0.15, 0.2) is 12.4 Å². The van der Waals surface area contributed by atoms with Gasteiger partial charge in [-0.15, -0.1) is 0 Å². The van der Waals surface area contributed by atoms with Crippen molar-refractivity contribution in [3.05, 3.63) is 23.8 Å². The average Bonchev–Trinajstić information content (AvgIpc) is 2.87. The monoisotopic (exact) mass is 245 g/mol. The number of aromatic nitrogens is 4. The zero-order chi connectivity index (χ0) is 13.1. The predicted molar refractivity (Wildman–Crippen MR) is 72.6 cm³/mol. The Labute approximate surface area is 107 Å². The highest BCUT2D eigenvalue weighted by Crippen LogP contribution is 2.25. The minimum Gasteiger partial charge on any atom is -0.373 e. The number of anilines is 1. The van der Waals surface area contributed by atoms with Gasteiger partial charge >= 0.3 is 0 Å². The van der Waals surface area contributed by atoms with Crippen molar-refractivity contribution >= 4 is 5.82 Å². The minimum atomic E-state index is 0.823. The smallest absolute Gasteiger partial charge is 0.133 e. The number of aryl methyl sites for hydroxylation is 2. The summed E-state index contributed by atoms with van der Waals surface area (Å²) in [7, 11) is 1.88. The fourth-order valence-corrected chi connectivity index (χ4v) is 1.90. The molecule has 2 aromatic rings. The molecule has 2 heterocycles. The molecule has 0 saturated carbocycles. The van der Waals surface area contributed by atoms with E-state index in [0.29, 0.717) is 0 Å². The highest BCUT2D eigenvalue weighted by molar-refractivity contribution is 5.66. The molecule has 0 radical (unpaired) electrons. The highest BCUT2D eigenvalue weighted by atomic mass is 15.3. The van der Waals surface area contributed by atoms with E-state index in [2.05, 4.69) is 34.2 Å². The van der Waals surface area contributed by atoms with Gasteiger partial charge in [0.1, 0.15) is 11.6 Å². The summed E-state index contributed by atoms with van der Waals surface area (Å²) in [6.45, 7) is 7.02. The van der Waals surface area contributed by atoms with Crippen LogP contribution in [0.25, 0.3) is 11.3 Å². The molecule has 2 aromatic heterocycles. The molecule has 0 aliphatic carbocycles. The summed E-state index contributed by atoms with van der Waals surface area (Å²) < 4.78 is 1.90. The fraction of sp³-hybridized carbons (Fsp3) is 0.462. The molecular weight excluding hydrogens is 226 g/mol. The van der Waals surface area contributed by atoms with E-state index in [1.807, 2.05) is 31.0 Å². The van der Waals surface area contributed by atoms with Crippen molar-refractivity contribution < 1.29 is 0 Å². The van der Waals surface area contributed by atoms with Gasteiger partial charge < -0.3 is 5.32 Å². The van der Waals surface area contributed by atoms with Crippen molar-refractivity contribution in [1.82, 2.24) is 19.7 Å². The molecule has 0 amide bonds. The lowest BCUT2D eigenvalue weighted by Gasteiger charge is -2.10. The number of hydrogen-bond acceptors (Lipinski definition) is 4. The molecule has 0 spiro atoms. The molecule has 0 fully saturated rings. The summed E-state index contributed by atoms with van der Waals surface area (Å²) in [4.78, 5) is 9.09. The lowest BCUT2D eigenvalue weighted by atomic mass is 10.1. The molecule has 0 aliphatic heterocycles. The van der Waals surface area contributed by atoms with Crippen LogP contribution >= 0.6 is 0 Å². The van der Waals surface area contributed by atoms with Gasteiger partial charge in [0.05, 0.1) is 11.9 Å². The van der Waals surface area contributed by atoms with Crippen LogP contribution in [0.4, 0.5) is 5.82 Å². The third-order valence-corrected chi connectivity index (χ3v) is 2.98. The van der Waals surface area contributed by atoms with Crippen molar-refractivity contribution in [1.29, 1.82) is 0 Å². The minimum absolute atomic E-state index is 0.823. The molecular formula is C13H19N5. The maximum Gasteiger partial charge on any atom is 0.133 e. The number of nitrogens with zero attached hydrogens (tertiary/aromatic N) is 4. The molecule has 2 rings (SSSR count). The average molecular weight is 245 g/mol. The molecule has 0 bridgehead atoms. The molecule has 96 valence electrons. The van der Waals surface area contributed by atoms with Gasteiger partial charge in [-0.25, -0.2) is 9.97 Å². The standard InChI is InChI=1S/C13H19N5/c1-5-11-16-12(9(3)13(14-4)17-11)10-7-15-18(6-2)8-10/h7-8H,5-6H2,1-4H3,(H,14,16,17). The van der Waals surface area contributed by atoms with Crippen LogP contribution in [0.5, 0.6) is 0 Å². The number of nitrogens with one attached hydrogen (secondary N) is 1. The van der Waals surface area contributed by atoms with Gasteiger partial charge in [-0.3, -0.25) is 4.68 Å². The third-order valence-electron chi connectivity index (χ3n) is 2.98. The van der Waals surface area contributed by atoms with Crippen molar-refractivity contribution in [3.8, 4) is 11.3 Å². The molecule has 0 saturated heterocycles. The van der Waals surface area contributed by atoms with Crippen LogP contribution in [-0.4, -0.2) is 26.8 Å². The van der Waals surface area contributed by atoms with Crippen LogP contribution in [0.1, 0.15) is 25.2 Å². The Morgan fingerprint density at radius 2 is 2.06 bits per heavy atom. The Bertz CT molecular complexity index is 544. The van der Waals surface area contributed by atoms with Gasteiger partial charge in [0.15, 0.2) is 0 Å². The predicted octanol–water partition coefficient (Wildman–Crippen LogP) is 2.27. The molecule has 0 aromatic carbocycles. The summed E-state index contributed by atoms with van der Waals surface area (Å²) in [5.74, 6) is 1.74. The first-order chi connectivity index (χ1) is 8.69. The fourth-order valence-electron chi connectivity index (χ4n) is 1.90. The molecule has 0 atom stereocenters. The third kappa shape index (κ3) is 2.20. The molecule has 0 unspecified atom stereocenters. The number of hydrogen-bond donors (Lipinski definition) is 1. The van der Waals surface area contributed by atoms with Crippen LogP contribution in [0.3, 0.4) is 0 Å². The second-order valence-electron chi connectivity index (χ2n) is 4.15. The van der Waals surface area contributed by atoms with Gasteiger partial charge in [0.2, 0.25) is 0 Å². The van der Waals surface area contributed by atoms with E-state index in [9.17, 15) is 0 Å². The maximum atomic E-state index is 4.61. The van der Waals surface area contributed by atoms with E-state index in [4.69, 9.17) is 0 Å². The van der Waals surface area contributed by atoms with E-state index in [1.54, 1.807) is 0 Å². The lowest BCUT2D eigenvalue weighted by Crippen LogP contribution is -2.04. The molecule has 5 nitrogen and oxygen atoms in total. The van der Waals surface area contributed by atoms with Crippen molar-refractivity contribution in [2.24, 2.45) is 0 Å². The normalized spacial score (nSPS) is 10.7. The zero-order valence-electron chi connectivity index (χ0n) is 11.4. The Kier molecular flexibility index (Phi) is 3.60. The van der Waals surface area contributed by atoms with Crippen LogP contribution in [0.2, 0.25) is 0 Å². The maximum absolute atomic E-state index is 4.61. The second-order valence-corrected chi connectivity index (χ2v) is 4.15. The van der Waals surface area contributed by atoms with Gasteiger partial charge in [-0.05, 0) is 13.8 Å². The molecule has 18 heavy (non-hydrogen) atoms. The first kappa shape index (κ1) is 12.5. The quantitative estimate of drug-likeness (QED) is 0.897. The van der Waals surface area contributed by atoms with Crippen LogP contribution in [-0.2, 0) is 13.0 Å². The Morgan fingerprint density at radius 1 is 1.28 bits per heavy atom. The van der Waals surface area contributed by atoms with Crippen LogP contribution < -0.4 is 5.32 Å². The molecule has 5 heteroatoms. The summed E-state index contributed by atoms with van der Waals surface area (Å²) in [5, 5.41) is 7.42. The van der Waals surface area contributed by atoms with E-state index >= 15 is 0 Å². The zero-order valence-corrected chi connectivity index (χ0v) is 11.4. The van der Waals surface area contributed by atoms with Gasteiger partial charge in [-0.1, -0.05) is 6.92 Å². The lowest BCUT2D eigenvalue weighted by molar-refractivity contribution is 0.660. The van der Waals surface area contributed by atoms with E-state index in [1.165, 1.54) is 0 Å². The summed E-state index contributed by atoms with van der Waals surface area (Å²) >= 11 is 0. The van der Waals surface area contributed by atoms with Gasteiger partial charge in [0, 0.05) is 37.3 Å². The topological polar surface area (TPSA) is 55.6 Å². The largest absolute Gasteiger partial charge is 0.373 e. The second kappa shape index (κ2) is 5.16. The SMILES string of the molecule is CCc1nc(NC)c(C)c(-c2cnn(CC)c2)n1.